The highest BCUT2D eigenvalue weighted by atomic mass is 16.3. The van der Waals surface area contributed by atoms with Gasteiger partial charge in [-0.15, -0.1) is 0 Å². The lowest BCUT2D eigenvalue weighted by Gasteiger charge is -2.26. The summed E-state index contributed by atoms with van der Waals surface area (Å²) in [5.41, 5.74) is 1.82. The number of rotatable bonds is 5. The minimum atomic E-state index is -0.302. The average Bonchev–Trinajstić information content (AvgIpc) is 2.42. The summed E-state index contributed by atoms with van der Waals surface area (Å²) in [4.78, 5) is 12.0. The maximum absolute atomic E-state index is 12.0. The van der Waals surface area contributed by atoms with Crippen molar-refractivity contribution in [1.29, 1.82) is 0 Å². The van der Waals surface area contributed by atoms with Crippen molar-refractivity contribution in [3.8, 4) is 0 Å². The number of allylic oxidation sites excluding steroid dienone is 2. The van der Waals surface area contributed by atoms with E-state index in [0.29, 0.717) is 6.42 Å². The summed E-state index contributed by atoms with van der Waals surface area (Å²) in [6.45, 7) is 1.89. The number of aliphatic hydroxyl groups excluding tert-OH is 1. The minimum absolute atomic E-state index is 0.0943. The van der Waals surface area contributed by atoms with E-state index in [2.05, 4.69) is 5.32 Å². The Balaban J connectivity index is 1.87. The van der Waals surface area contributed by atoms with Crippen molar-refractivity contribution in [3.63, 3.8) is 0 Å². The van der Waals surface area contributed by atoms with Crippen LogP contribution in [0.3, 0.4) is 0 Å². The molecule has 2 N–H and O–H groups in total. The Bertz CT molecular complexity index is 467. The SMILES string of the molecule is C/C(=C/C(=O)CC1CCCCC1O)Nc1ccccc1. The normalized spacial score (nSPS) is 23.4. The van der Waals surface area contributed by atoms with Gasteiger partial charge in [-0.2, -0.15) is 0 Å². The number of carbonyl (C=O) groups excluding carboxylic acids is 1. The van der Waals surface area contributed by atoms with Gasteiger partial charge in [0.15, 0.2) is 5.78 Å². The molecule has 0 heterocycles. The molecule has 0 bridgehead atoms. The smallest absolute Gasteiger partial charge is 0.157 e. The molecule has 0 aliphatic heterocycles. The molecule has 1 aliphatic carbocycles. The molecule has 1 saturated carbocycles. The molecule has 1 aromatic carbocycles. The van der Waals surface area contributed by atoms with Crippen molar-refractivity contribution in [1.82, 2.24) is 0 Å². The number of anilines is 1. The van der Waals surface area contributed by atoms with Crippen LogP contribution < -0.4 is 5.32 Å². The summed E-state index contributed by atoms with van der Waals surface area (Å²) in [5.74, 6) is 0.230. The molecule has 20 heavy (non-hydrogen) atoms. The first-order valence-electron chi connectivity index (χ1n) is 7.36. The Morgan fingerprint density at radius 1 is 1.30 bits per heavy atom. The highest BCUT2D eigenvalue weighted by Gasteiger charge is 2.24. The monoisotopic (exact) mass is 273 g/mol. The summed E-state index contributed by atoms with van der Waals surface area (Å²) in [6, 6.07) is 9.80. The summed E-state index contributed by atoms with van der Waals surface area (Å²) in [6.07, 6.45) is 5.80. The average molecular weight is 273 g/mol. The molecule has 108 valence electrons. The fourth-order valence-corrected chi connectivity index (χ4v) is 2.77. The molecule has 0 radical (unpaired) electrons. The van der Waals surface area contributed by atoms with E-state index < -0.39 is 0 Å². The fourth-order valence-electron chi connectivity index (χ4n) is 2.77. The van der Waals surface area contributed by atoms with Crippen LogP contribution in [0, 0.1) is 5.92 Å². The van der Waals surface area contributed by atoms with Crippen molar-refractivity contribution in [2.45, 2.75) is 45.1 Å². The third kappa shape index (κ3) is 4.49. The van der Waals surface area contributed by atoms with Crippen molar-refractivity contribution in [2.75, 3.05) is 5.32 Å². The predicted molar refractivity (Wildman–Crippen MR) is 81.4 cm³/mol. The molecule has 2 rings (SSSR count). The van der Waals surface area contributed by atoms with Gasteiger partial charge in [0, 0.05) is 23.9 Å². The predicted octanol–water partition coefficient (Wildman–Crippen LogP) is 3.51. The molecule has 0 aromatic heterocycles. The Hall–Kier alpha value is -1.61. The summed E-state index contributed by atoms with van der Waals surface area (Å²) < 4.78 is 0. The van der Waals surface area contributed by atoms with Gasteiger partial charge in [0.2, 0.25) is 0 Å². The zero-order valence-corrected chi connectivity index (χ0v) is 12.0. The maximum atomic E-state index is 12.0. The van der Waals surface area contributed by atoms with Gasteiger partial charge in [-0.1, -0.05) is 31.0 Å². The van der Waals surface area contributed by atoms with E-state index in [4.69, 9.17) is 0 Å². The third-order valence-electron chi connectivity index (χ3n) is 3.83. The summed E-state index contributed by atoms with van der Waals surface area (Å²) >= 11 is 0. The fraction of sp³-hybridized carbons (Fsp3) is 0.471. The van der Waals surface area contributed by atoms with Gasteiger partial charge in [0.05, 0.1) is 6.10 Å². The van der Waals surface area contributed by atoms with Crippen LogP contribution in [0.1, 0.15) is 39.0 Å². The van der Waals surface area contributed by atoms with Gasteiger partial charge in [-0.25, -0.2) is 0 Å². The van der Waals surface area contributed by atoms with E-state index in [1.807, 2.05) is 37.3 Å². The molecule has 1 aromatic rings. The van der Waals surface area contributed by atoms with E-state index in [9.17, 15) is 9.90 Å². The number of hydrogen-bond donors (Lipinski definition) is 2. The van der Waals surface area contributed by atoms with Crippen LogP contribution in [0.15, 0.2) is 42.1 Å². The van der Waals surface area contributed by atoms with Crippen LogP contribution in [0.25, 0.3) is 0 Å². The molecule has 0 spiro atoms. The number of aliphatic hydroxyl groups is 1. The van der Waals surface area contributed by atoms with E-state index in [1.54, 1.807) is 6.08 Å². The third-order valence-corrected chi connectivity index (χ3v) is 3.83. The summed E-state index contributed by atoms with van der Waals surface area (Å²) in [5, 5.41) is 13.1. The van der Waals surface area contributed by atoms with E-state index in [-0.39, 0.29) is 17.8 Å². The van der Waals surface area contributed by atoms with Crippen LogP contribution >= 0.6 is 0 Å². The van der Waals surface area contributed by atoms with E-state index in [0.717, 1.165) is 37.1 Å². The van der Waals surface area contributed by atoms with Gasteiger partial charge >= 0.3 is 0 Å². The van der Waals surface area contributed by atoms with Crippen LogP contribution in [0.4, 0.5) is 5.69 Å². The van der Waals surface area contributed by atoms with Gasteiger partial charge in [0.25, 0.3) is 0 Å². The van der Waals surface area contributed by atoms with Crippen molar-refractivity contribution >= 4 is 11.5 Å². The van der Waals surface area contributed by atoms with Crippen molar-refractivity contribution < 1.29 is 9.90 Å². The Morgan fingerprint density at radius 2 is 2.00 bits per heavy atom. The lowest BCUT2D eigenvalue weighted by Crippen LogP contribution is -2.26. The van der Waals surface area contributed by atoms with Gasteiger partial charge in [-0.05, 0) is 37.8 Å². The maximum Gasteiger partial charge on any atom is 0.157 e. The number of nitrogens with one attached hydrogen (secondary N) is 1. The van der Waals surface area contributed by atoms with Crippen LogP contribution in [0.5, 0.6) is 0 Å². The molecule has 0 amide bonds. The first-order valence-corrected chi connectivity index (χ1v) is 7.36. The second kappa shape index (κ2) is 7.25. The first kappa shape index (κ1) is 14.8. The number of benzene rings is 1. The van der Waals surface area contributed by atoms with E-state index in [1.165, 1.54) is 0 Å². The Labute approximate surface area is 120 Å². The largest absolute Gasteiger partial charge is 0.393 e. The van der Waals surface area contributed by atoms with E-state index >= 15 is 0 Å². The van der Waals surface area contributed by atoms with Crippen LogP contribution in [-0.4, -0.2) is 17.0 Å². The highest BCUT2D eigenvalue weighted by molar-refractivity contribution is 5.90. The molecule has 2 atom stereocenters. The van der Waals surface area contributed by atoms with Gasteiger partial charge in [0.1, 0.15) is 0 Å². The lowest BCUT2D eigenvalue weighted by atomic mass is 9.83. The van der Waals surface area contributed by atoms with Crippen molar-refractivity contribution in [3.05, 3.63) is 42.1 Å². The molecule has 3 heteroatoms. The van der Waals surface area contributed by atoms with Crippen LogP contribution in [-0.2, 0) is 4.79 Å². The molecule has 0 saturated heterocycles. The quantitative estimate of drug-likeness (QED) is 0.807. The van der Waals surface area contributed by atoms with Gasteiger partial charge < -0.3 is 10.4 Å². The number of carbonyl (C=O) groups is 1. The molecule has 3 nitrogen and oxygen atoms in total. The number of para-hydroxylation sites is 1. The topological polar surface area (TPSA) is 49.3 Å². The number of hydrogen-bond acceptors (Lipinski definition) is 3. The number of ketones is 1. The lowest BCUT2D eigenvalue weighted by molar-refractivity contribution is -0.116. The van der Waals surface area contributed by atoms with Crippen LogP contribution in [0.2, 0.25) is 0 Å². The molecular weight excluding hydrogens is 250 g/mol. The van der Waals surface area contributed by atoms with Gasteiger partial charge in [-0.3, -0.25) is 4.79 Å². The molecular formula is C17H23NO2. The molecule has 1 aliphatic rings. The van der Waals surface area contributed by atoms with Crippen molar-refractivity contribution in [2.24, 2.45) is 5.92 Å². The zero-order valence-electron chi connectivity index (χ0n) is 12.0. The Morgan fingerprint density at radius 3 is 2.70 bits per heavy atom. The second-order valence-electron chi connectivity index (χ2n) is 5.60. The highest BCUT2D eigenvalue weighted by Crippen LogP contribution is 2.27. The first-order chi connectivity index (χ1) is 9.65. The second-order valence-corrected chi connectivity index (χ2v) is 5.60. The molecule has 1 fully saturated rings. The zero-order chi connectivity index (χ0) is 14.4. The Kier molecular flexibility index (Phi) is 5.36. The summed E-state index contributed by atoms with van der Waals surface area (Å²) in [7, 11) is 0. The minimum Gasteiger partial charge on any atom is -0.393 e. The standard InChI is InChI=1S/C17H23NO2/c1-13(18-15-8-3-2-4-9-15)11-16(19)12-14-7-5-6-10-17(14)20/h2-4,8-9,11,14,17-18,20H,5-7,10,12H2,1H3/b13-11-. The molecule has 2 unspecified atom stereocenters.